The van der Waals surface area contributed by atoms with E-state index >= 15 is 0 Å². The van der Waals surface area contributed by atoms with E-state index in [9.17, 15) is 0 Å². The summed E-state index contributed by atoms with van der Waals surface area (Å²) in [6.07, 6.45) is 7.17. The van der Waals surface area contributed by atoms with E-state index in [0.717, 1.165) is 17.8 Å². The summed E-state index contributed by atoms with van der Waals surface area (Å²) >= 11 is 0. The van der Waals surface area contributed by atoms with Crippen molar-refractivity contribution in [2.24, 2.45) is 17.8 Å². The van der Waals surface area contributed by atoms with Gasteiger partial charge in [0.05, 0.1) is 0 Å². The molecule has 0 aromatic rings. The highest BCUT2D eigenvalue weighted by molar-refractivity contribution is 4.78. The van der Waals surface area contributed by atoms with Crippen LogP contribution in [0.15, 0.2) is 0 Å². The topological polar surface area (TPSA) is 15.3 Å². The molecule has 1 aliphatic heterocycles. The van der Waals surface area contributed by atoms with Gasteiger partial charge in [-0.25, -0.2) is 0 Å². The van der Waals surface area contributed by atoms with E-state index in [1.54, 1.807) is 0 Å². The second-order valence-corrected chi connectivity index (χ2v) is 6.08. The number of rotatable bonds is 6. The molecule has 1 aliphatic carbocycles. The van der Waals surface area contributed by atoms with Gasteiger partial charge in [-0.2, -0.15) is 0 Å². The Morgan fingerprint density at radius 2 is 2.12 bits per heavy atom. The zero-order valence-corrected chi connectivity index (χ0v) is 11.0. The molecule has 2 atom stereocenters. The van der Waals surface area contributed by atoms with Crippen molar-refractivity contribution in [2.75, 3.05) is 33.2 Å². The van der Waals surface area contributed by atoms with Crippen molar-refractivity contribution in [3.63, 3.8) is 0 Å². The van der Waals surface area contributed by atoms with Gasteiger partial charge in [-0.05, 0) is 76.5 Å². The smallest absolute Gasteiger partial charge is 0.000661 e. The molecule has 0 aromatic carbocycles. The van der Waals surface area contributed by atoms with E-state index < -0.39 is 0 Å². The van der Waals surface area contributed by atoms with E-state index in [4.69, 9.17) is 0 Å². The molecule has 2 rings (SSSR count). The molecule has 0 bridgehead atoms. The molecule has 0 radical (unpaired) electrons. The standard InChI is InChI=1S/C14H28N2/c1-12(14-4-3-8-15-10-14)7-9-16(2)11-13-5-6-13/h12-15H,3-11H2,1-2H3. The number of piperidine rings is 1. The first kappa shape index (κ1) is 12.4. The van der Waals surface area contributed by atoms with Crippen molar-refractivity contribution in [1.29, 1.82) is 0 Å². The van der Waals surface area contributed by atoms with Gasteiger partial charge >= 0.3 is 0 Å². The summed E-state index contributed by atoms with van der Waals surface area (Å²) in [4.78, 5) is 2.55. The highest BCUT2D eigenvalue weighted by Crippen LogP contribution is 2.29. The Balaban J connectivity index is 1.59. The first-order valence-corrected chi connectivity index (χ1v) is 7.15. The van der Waals surface area contributed by atoms with E-state index in [2.05, 4.69) is 24.2 Å². The van der Waals surface area contributed by atoms with Crippen molar-refractivity contribution in [3.8, 4) is 0 Å². The fourth-order valence-corrected chi connectivity index (χ4v) is 2.86. The van der Waals surface area contributed by atoms with Gasteiger partial charge in [0.25, 0.3) is 0 Å². The minimum Gasteiger partial charge on any atom is -0.316 e. The maximum atomic E-state index is 3.53. The van der Waals surface area contributed by atoms with Crippen molar-refractivity contribution in [2.45, 2.75) is 39.0 Å². The lowest BCUT2D eigenvalue weighted by Gasteiger charge is -2.29. The van der Waals surface area contributed by atoms with Gasteiger partial charge in [-0.1, -0.05) is 6.92 Å². The average Bonchev–Trinajstić information content (AvgIpc) is 3.11. The second kappa shape index (κ2) is 6.02. The predicted octanol–water partition coefficient (Wildman–Crippen LogP) is 2.35. The molecule has 2 unspecified atom stereocenters. The predicted molar refractivity (Wildman–Crippen MR) is 69.6 cm³/mol. The number of nitrogens with one attached hydrogen (secondary N) is 1. The Labute approximate surface area is 101 Å². The lowest BCUT2D eigenvalue weighted by atomic mass is 9.85. The quantitative estimate of drug-likeness (QED) is 0.745. The van der Waals surface area contributed by atoms with E-state index in [1.165, 1.54) is 58.3 Å². The molecule has 0 spiro atoms. The number of hydrogen-bond acceptors (Lipinski definition) is 2. The molecular formula is C14H28N2. The van der Waals surface area contributed by atoms with Gasteiger partial charge in [-0.3, -0.25) is 0 Å². The van der Waals surface area contributed by atoms with Crippen LogP contribution in [0.25, 0.3) is 0 Å². The van der Waals surface area contributed by atoms with E-state index in [-0.39, 0.29) is 0 Å². The van der Waals surface area contributed by atoms with Crippen LogP contribution in [-0.2, 0) is 0 Å². The molecule has 2 fully saturated rings. The third-order valence-electron chi connectivity index (χ3n) is 4.37. The molecule has 1 saturated carbocycles. The molecule has 0 amide bonds. The maximum absolute atomic E-state index is 3.53. The number of hydrogen-bond donors (Lipinski definition) is 1. The lowest BCUT2D eigenvalue weighted by molar-refractivity contribution is 0.229. The normalized spacial score (nSPS) is 28.3. The number of nitrogens with zero attached hydrogens (tertiary/aromatic N) is 1. The van der Waals surface area contributed by atoms with Crippen LogP contribution in [0.3, 0.4) is 0 Å². The van der Waals surface area contributed by atoms with Gasteiger partial charge in [0, 0.05) is 6.54 Å². The highest BCUT2D eigenvalue weighted by Gasteiger charge is 2.24. The van der Waals surface area contributed by atoms with Crippen LogP contribution in [-0.4, -0.2) is 38.1 Å². The van der Waals surface area contributed by atoms with Gasteiger partial charge < -0.3 is 10.2 Å². The summed E-state index contributed by atoms with van der Waals surface area (Å²) in [5.41, 5.74) is 0. The van der Waals surface area contributed by atoms with Crippen LogP contribution in [0, 0.1) is 17.8 Å². The van der Waals surface area contributed by atoms with Crippen molar-refractivity contribution in [3.05, 3.63) is 0 Å². The van der Waals surface area contributed by atoms with Gasteiger partial charge in [0.2, 0.25) is 0 Å². The summed E-state index contributed by atoms with van der Waals surface area (Å²) in [5.74, 6) is 2.87. The first-order valence-electron chi connectivity index (χ1n) is 7.15. The molecule has 2 aliphatic rings. The van der Waals surface area contributed by atoms with Gasteiger partial charge in [-0.15, -0.1) is 0 Å². The monoisotopic (exact) mass is 224 g/mol. The zero-order valence-electron chi connectivity index (χ0n) is 11.0. The van der Waals surface area contributed by atoms with Crippen LogP contribution in [0.1, 0.15) is 39.0 Å². The van der Waals surface area contributed by atoms with Crippen LogP contribution in [0.2, 0.25) is 0 Å². The first-order chi connectivity index (χ1) is 7.75. The van der Waals surface area contributed by atoms with Gasteiger partial charge in [0.1, 0.15) is 0 Å². The molecular weight excluding hydrogens is 196 g/mol. The Kier molecular flexibility index (Phi) is 4.66. The minimum absolute atomic E-state index is 0.898. The highest BCUT2D eigenvalue weighted by atomic mass is 15.1. The molecule has 2 heteroatoms. The maximum Gasteiger partial charge on any atom is 0.000661 e. The molecule has 1 N–H and O–H groups in total. The molecule has 94 valence electrons. The minimum atomic E-state index is 0.898. The van der Waals surface area contributed by atoms with Crippen LogP contribution in [0.4, 0.5) is 0 Å². The van der Waals surface area contributed by atoms with E-state index in [0.29, 0.717) is 0 Å². The molecule has 16 heavy (non-hydrogen) atoms. The summed E-state index contributed by atoms with van der Waals surface area (Å²) in [6.45, 7) is 7.59. The van der Waals surface area contributed by atoms with Crippen LogP contribution in [0.5, 0.6) is 0 Å². The van der Waals surface area contributed by atoms with E-state index in [1.807, 2.05) is 0 Å². The second-order valence-electron chi connectivity index (χ2n) is 6.08. The largest absolute Gasteiger partial charge is 0.316 e. The molecule has 0 aromatic heterocycles. The molecule has 2 nitrogen and oxygen atoms in total. The van der Waals surface area contributed by atoms with Crippen LogP contribution < -0.4 is 5.32 Å². The van der Waals surface area contributed by atoms with Crippen molar-refractivity contribution < 1.29 is 0 Å². The lowest BCUT2D eigenvalue weighted by Crippen LogP contribution is -2.34. The SMILES string of the molecule is CC(CCN(C)CC1CC1)C1CCCNC1. The third-order valence-corrected chi connectivity index (χ3v) is 4.37. The summed E-state index contributed by atoms with van der Waals surface area (Å²) in [5, 5.41) is 3.53. The summed E-state index contributed by atoms with van der Waals surface area (Å²) in [7, 11) is 2.30. The molecule has 1 saturated heterocycles. The van der Waals surface area contributed by atoms with Crippen molar-refractivity contribution >= 4 is 0 Å². The molecule has 1 heterocycles. The Morgan fingerprint density at radius 1 is 1.31 bits per heavy atom. The van der Waals surface area contributed by atoms with Gasteiger partial charge in [0.15, 0.2) is 0 Å². The zero-order chi connectivity index (χ0) is 11.4. The summed E-state index contributed by atoms with van der Waals surface area (Å²) < 4.78 is 0. The summed E-state index contributed by atoms with van der Waals surface area (Å²) in [6, 6.07) is 0. The van der Waals surface area contributed by atoms with Crippen molar-refractivity contribution in [1.82, 2.24) is 10.2 Å². The Bertz CT molecular complexity index is 195. The average molecular weight is 224 g/mol. The fraction of sp³-hybridized carbons (Fsp3) is 1.00. The Hall–Kier alpha value is -0.0800. The van der Waals surface area contributed by atoms with Crippen LogP contribution >= 0.6 is 0 Å². The third kappa shape index (κ3) is 4.06. The Morgan fingerprint density at radius 3 is 2.75 bits per heavy atom. The fourth-order valence-electron chi connectivity index (χ4n) is 2.86.